The van der Waals surface area contributed by atoms with Crippen LogP contribution in [0.5, 0.6) is 0 Å². The molecule has 4 rings (SSSR count). The number of hydrogen-bond acceptors (Lipinski definition) is 1. The average molecular weight is 297 g/mol. The van der Waals surface area contributed by atoms with Crippen molar-refractivity contribution in [1.82, 2.24) is 4.98 Å². The summed E-state index contributed by atoms with van der Waals surface area (Å²) in [4.78, 5) is 3.22. The zero-order valence-corrected chi connectivity index (χ0v) is 12.4. The summed E-state index contributed by atoms with van der Waals surface area (Å²) in [6, 6.07) is 17.4. The van der Waals surface area contributed by atoms with Crippen molar-refractivity contribution in [3.05, 3.63) is 65.3 Å². The van der Waals surface area contributed by atoms with Crippen LogP contribution >= 0.6 is 11.6 Å². The number of hydrogen-bond donors (Lipinski definition) is 2. The summed E-state index contributed by atoms with van der Waals surface area (Å²) in [7, 11) is 0. The van der Waals surface area contributed by atoms with E-state index in [1.807, 2.05) is 18.3 Å². The lowest BCUT2D eigenvalue weighted by Crippen LogP contribution is -2.33. The van der Waals surface area contributed by atoms with Gasteiger partial charge in [-0.05, 0) is 60.7 Å². The standard InChI is InChI=1S/C18H17ClN2/c19-15-3-1-12(2-4-15)14-10-17(11-14)21-16-5-6-18-13(9-16)7-8-20-18/h1-9,14,17,20-21H,10-11H2. The molecule has 3 heteroatoms. The van der Waals surface area contributed by atoms with Gasteiger partial charge in [-0.15, -0.1) is 0 Å². The third kappa shape index (κ3) is 2.52. The number of nitrogens with one attached hydrogen (secondary N) is 2. The number of anilines is 1. The van der Waals surface area contributed by atoms with Crippen molar-refractivity contribution in [2.24, 2.45) is 0 Å². The summed E-state index contributed by atoms with van der Waals surface area (Å²) in [5.41, 5.74) is 3.80. The van der Waals surface area contributed by atoms with Crippen LogP contribution in [0.25, 0.3) is 10.9 Å². The molecule has 0 aliphatic heterocycles. The molecule has 1 saturated carbocycles. The Kier molecular flexibility index (Phi) is 3.12. The fourth-order valence-electron chi connectivity index (χ4n) is 3.12. The molecular formula is C18H17ClN2. The SMILES string of the molecule is Clc1ccc(C2CC(Nc3ccc4[nH]ccc4c3)C2)cc1. The Morgan fingerprint density at radius 3 is 2.62 bits per heavy atom. The lowest BCUT2D eigenvalue weighted by Gasteiger charge is -2.37. The first kappa shape index (κ1) is 12.8. The van der Waals surface area contributed by atoms with E-state index in [1.54, 1.807) is 0 Å². The van der Waals surface area contributed by atoms with Crippen molar-refractivity contribution in [3.8, 4) is 0 Å². The molecular weight excluding hydrogens is 280 g/mol. The average Bonchev–Trinajstić information content (AvgIpc) is 2.91. The first-order chi connectivity index (χ1) is 10.3. The fraction of sp³-hybridized carbons (Fsp3) is 0.222. The molecule has 1 aromatic heterocycles. The minimum absolute atomic E-state index is 0.571. The van der Waals surface area contributed by atoms with Crippen LogP contribution in [0.15, 0.2) is 54.7 Å². The lowest BCUT2D eigenvalue weighted by atomic mass is 9.76. The van der Waals surface area contributed by atoms with E-state index in [4.69, 9.17) is 11.6 Å². The van der Waals surface area contributed by atoms with Gasteiger partial charge >= 0.3 is 0 Å². The van der Waals surface area contributed by atoms with Gasteiger partial charge in [-0.3, -0.25) is 0 Å². The number of rotatable bonds is 3. The van der Waals surface area contributed by atoms with E-state index < -0.39 is 0 Å². The minimum Gasteiger partial charge on any atom is -0.382 e. The molecule has 21 heavy (non-hydrogen) atoms. The smallest absolute Gasteiger partial charge is 0.0455 e. The van der Waals surface area contributed by atoms with E-state index >= 15 is 0 Å². The molecule has 2 aromatic carbocycles. The van der Waals surface area contributed by atoms with Gasteiger partial charge in [0.1, 0.15) is 0 Å². The highest BCUT2D eigenvalue weighted by Crippen LogP contribution is 2.39. The van der Waals surface area contributed by atoms with E-state index in [-0.39, 0.29) is 0 Å². The second kappa shape index (κ2) is 5.12. The van der Waals surface area contributed by atoms with Gasteiger partial charge in [0.05, 0.1) is 0 Å². The van der Waals surface area contributed by atoms with Crippen LogP contribution < -0.4 is 5.32 Å². The zero-order chi connectivity index (χ0) is 14.2. The highest BCUT2D eigenvalue weighted by molar-refractivity contribution is 6.30. The summed E-state index contributed by atoms with van der Waals surface area (Å²) in [6.45, 7) is 0. The van der Waals surface area contributed by atoms with Crippen LogP contribution in [0, 0.1) is 0 Å². The van der Waals surface area contributed by atoms with Crippen LogP contribution in [0.2, 0.25) is 5.02 Å². The predicted molar refractivity (Wildman–Crippen MR) is 89.1 cm³/mol. The molecule has 0 radical (unpaired) electrons. The van der Waals surface area contributed by atoms with Crippen LogP contribution in [0.1, 0.15) is 24.3 Å². The minimum atomic E-state index is 0.571. The highest BCUT2D eigenvalue weighted by Gasteiger charge is 2.30. The largest absolute Gasteiger partial charge is 0.382 e. The van der Waals surface area contributed by atoms with E-state index in [0.717, 1.165) is 5.02 Å². The van der Waals surface area contributed by atoms with Crippen LogP contribution in [0.4, 0.5) is 5.69 Å². The molecule has 3 aromatic rings. The quantitative estimate of drug-likeness (QED) is 0.685. The lowest BCUT2D eigenvalue weighted by molar-refractivity contribution is 0.374. The molecule has 1 aliphatic carbocycles. The zero-order valence-electron chi connectivity index (χ0n) is 11.6. The van der Waals surface area contributed by atoms with Crippen molar-refractivity contribution in [1.29, 1.82) is 0 Å². The van der Waals surface area contributed by atoms with Crippen molar-refractivity contribution in [3.63, 3.8) is 0 Å². The van der Waals surface area contributed by atoms with Crippen LogP contribution in [0.3, 0.4) is 0 Å². The van der Waals surface area contributed by atoms with E-state index in [2.05, 4.69) is 46.7 Å². The molecule has 1 aliphatic rings. The molecule has 0 bridgehead atoms. The predicted octanol–water partition coefficient (Wildman–Crippen LogP) is 5.18. The first-order valence-electron chi connectivity index (χ1n) is 7.37. The Balaban J connectivity index is 1.40. The fourth-order valence-corrected chi connectivity index (χ4v) is 3.25. The normalized spacial score (nSPS) is 21.2. The summed E-state index contributed by atoms with van der Waals surface area (Å²) < 4.78 is 0. The number of benzene rings is 2. The van der Waals surface area contributed by atoms with Crippen LogP contribution in [-0.2, 0) is 0 Å². The third-order valence-corrected chi connectivity index (χ3v) is 4.66. The van der Waals surface area contributed by atoms with Crippen molar-refractivity contribution >= 4 is 28.2 Å². The van der Waals surface area contributed by atoms with E-state index in [1.165, 1.54) is 35.0 Å². The number of aromatic nitrogens is 1. The van der Waals surface area contributed by atoms with Gasteiger partial charge in [0.25, 0.3) is 0 Å². The molecule has 1 fully saturated rings. The molecule has 0 atom stereocenters. The van der Waals surface area contributed by atoms with Crippen molar-refractivity contribution in [2.75, 3.05) is 5.32 Å². The molecule has 106 valence electrons. The van der Waals surface area contributed by atoms with Gasteiger partial charge in [-0.25, -0.2) is 0 Å². The van der Waals surface area contributed by atoms with Gasteiger partial charge in [-0.1, -0.05) is 23.7 Å². The highest BCUT2D eigenvalue weighted by atomic mass is 35.5. The molecule has 0 saturated heterocycles. The number of H-pyrrole nitrogens is 1. The van der Waals surface area contributed by atoms with Gasteiger partial charge in [0, 0.05) is 33.9 Å². The van der Waals surface area contributed by atoms with Gasteiger partial charge in [0.15, 0.2) is 0 Å². The van der Waals surface area contributed by atoms with Gasteiger partial charge in [0.2, 0.25) is 0 Å². The third-order valence-electron chi connectivity index (χ3n) is 4.40. The maximum atomic E-state index is 5.94. The second-order valence-electron chi connectivity index (χ2n) is 5.84. The maximum Gasteiger partial charge on any atom is 0.0455 e. The summed E-state index contributed by atoms with van der Waals surface area (Å²) in [5, 5.41) is 5.70. The van der Waals surface area contributed by atoms with Crippen LogP contribution in [-0.4, -0.2) is 11.0 Å². The topological polar surface area (TPSA) is 27.8 Å². The molecule has 2 nitrogen and oxygen atoms in total. The summed E-state index contributed by atoms with van der Waals surface area (Å²) in [6.07, 6.45) is 4.36. The van der Waals surface area contributed by atoms with E-state index in [9.17, 15) is 0 Å². The Morgan fingerprint density at radius 2 is 1.81 bits per heavy atom. The summed E-state index contributed by atoms with van der Waals surface area (Å²) >= 11 is 5.94. The number of aromatic amines is 1. The van der Waals surface area contributed by atoms with Gasteiger partial charge in [-0.2, -0.15) is 0 Å². The number of halogens is 1. The molecule has 2 N–H and O–H groups in total. The van der Waals surface area contributed by atoms with Crippen molar-refractivity contribution < 1.29 is 0 Å². The Labute approximate surface area is 129 Å². The Bertz CT molecular complexity index is 754. The first-order valence-corrected chi connectivity index (χ1v) is 7.75. The molecule has 1 heterocycles. The molecule has 0 amide bonds. The monoisotopic (exact) mass is 296 g/mol. The van der Waals surface area contributed by atoms with Crippen molar-refractivity contribution in [2.45, 2.75) is 24.8 Å². The Morgan fingerprint density at radius 1 is 1.00 bits per heavy atom. The number of fused-ring (bicyclic) bond motifs is 1. The molecule has 0 spiro atoms. The van der Waals surface area contributed by atoms with Gasteiger partial charge < -0.3 is 10.3 Å². The Hall–Kier alpha value is -1.93. The maximum absolute atomic E-state index is 5.94. The second-order valence-corrected chi connectivity index (χ2v) is 6.28. The van der Waals surface area contributed by atoms with E-state index in [0.29, 0.717) is 12.0 Å². The molecule has 0 unspecified atom stereocenters. The summed E-state index contributed by atoms with van der Waals surface area (Å²) in [5.74, 6) is 0.663.